The minimum Gasteiger partial charge on any atom is -0.336 e. The number of aryl methyl sites for hydroxylation is 1. The van der Waals surface area contributed by atoms with Crippen LogP contribution in [0.15, 0.2) is 30.3 Å². The molecule has 32 heavy (non-hydrogen) atoms. The normalized spacial score (nSPS) is 21.2. The van der Waals surface area contributed by atoms with Crippen molar-refractivity contribution in [2.24, 2.45) is 0 Å². The van der Waals surface area contributed by atoms with Crippen LogP contribution in [-0.2, 0) is 0 Å². The molecule has 1 aromatic carbocycles. The molecule has 3 amide bonds. The fraction of sp³-hybridized carbons (Fsp3) is 0.500. The molecule has 2 aliphatic rings. The Morgan fingerprint density at radius 1 is 1.03 bits per heavy atom. The third kappa shape index (κ3) is 4.65. The van der Waals surface area contributed by atoms with Gasteiger partial charge in [0.1, 0.15) is 0 Å². The van der Waals surface area contributed by atoms with E-state index in [1.165, 1.54) is 11.3 Å². The third-order valence-electron chi connectivity index (χ3n) is 6.72. The van der Waals surface area contributed by atoms with Crippen LogP contribution < -0.4 is 0 Å². The number of carbonyl (C=O) groups is 2. The van der Waals surface area contributed by atoms with Gasteiger partial charge in [-0.05, 0) is 57.1 Å². The van der Waals surface area contributed by atoms with E-state index >= 15 is 0 Å². The minimum atomic E-state index is -0.00504. The molecule has 2 aromatic rings. The zero-order valence-corrected chi connectivity index (χ0v) is 20.7. The number of likely N-dealkylation sites (tertiary alicyclic amines) is 2. The molecule has 6 nitrogen and oxygen atoms in total. The maximum atomic E-state index is 13.2. The van der Waals surface area contributed by atoms with Crippen LogP contribution in [0, 0.1) is 6.92 Å². The number of urea groups is 1. The molecule has 0 saturated carbocycles. The Morgan fingerprint density at radius 2 is 1.75 bits per heavy atom. The summed E-state index contributed by atoms with van der Waals surface area (Å²) in [5.74, 6) is -0.00504. The summed E-state index contributed by atoms with van der Waals surface area (Å²) in [6, 6.07) is 10.2. The third-order valence-corrected chi connectivity index (χ3v) is 8.14. The Kier molecular flexibility index (Phi) is 6.79. The van der Waals surface area contributed by atoms with Gasteiger partial charge in [0.2, 0.25) is 0 Å². The average molecular weight is 475 g/mol. The van der Waals surface area contributed by atoms with Crippen LogP contribution in [0.3, 0.4) is 0 Å². The molecule has 3 heterocycles. The predicted molar refractivity (Wildman–Crippen MR) is 131 cm³/mol. The van der Waals surface area contributed by atoms with E-state index in [9.17, 15) is 9.59 Å². The van der Waals surface area contributed by atoms with Gasteiger partial charge in [-0.2, -0.15) is 0 Å². The summed E-state index contributed by atoms with van der Waals surface area (Å²) in [4.78, 5) is 35.6. The van der Waals surface area contributed by atoms with E-state index in [0.717, 1.165) is 41.9 Å². The van der Waals surface area contributed by atoms with E-state index in [1.54, 1.807) is 4.90 Å². The van der Waals surface area contributed by atoms with E-state index in [4.69, 9.17) is 11.6 Å². The molecule has 2 aliphatic heterocycles. The van der Waals surface area contributed by atoms with Gasteiger partial charge in [0.25, 0.3) is 5.91 Å². The number of rotatable bonds is 4. The van der Waals surface area contributed by atoms with Gasteiger partial charge in [-0.15, -0.1) is 11.3 Å². The molecule has 0 radical (unpaired) electrons. The predicted octanol–water partition coefficient (Wildman–Crippen LogP) is 4.28. The molecule has 4 rings (SSSR count). The van der Waals surface area contributed by atoms with Crippen LogP contribution in [-0.4, -0.2) is 90.9 Å². The summed E-state index contributed by atoms with van der Waals surface area (Å²) in [6.07, 6.45) is 1.81. The van der Waals surface area contributed by atoms with Crippen molar-refractivity contribution >= 4 is 34.9 Å². The first kappa shape index (κ1) is 23.1. The minimum absolute atomic E-state index is 0.00504. The first-order valence-electron chi connectivity index (χ1n) is 11.1. The van der Waals surface area contributed by atoms with E-state index in [0.29, 0.717) is 23.0 Å². The van der Waals surface area contributed by atoms with Gasteiger partial charge in [0.15, 0.2) is 0 Å². The van der Waals surface area contributed by atoms with Crippen molar-refractivity contribution in [2.45, 2.75) is 31.8 Å². The van der Waals surface area contributed by atoms with E-state index in [1.807, 2.05) is 61.2 Å². The molecule has 1 aromatic heterocycles. The smallest absolute Gasteiger partial charge is 0.320 e. The second kappa shape index (κ2) is 9.41. The topological polar surface area (TPSA) is 47.1 Å². The van der Waals surface area contributed by atoms with Crippen molar-refractivity contribution in [3.8, 4) is 10.4 Å². The highest BCUT2D eigenvalue weighted by molar-refractivity contribution is 7.17. The highest BCUT2D eigenvalue weighted by Gasteiger charge is 2.35. The first-order valence-corrected chi connectivity index (χ1v) is 12.3. The van der Waals surface area contributed by atoms with Crippen LogP contribution in [0.5, 0.6) is 0 Å². The zero-order chi connectivity index (χ0) is 23.0. The highest BCUT2D eigenvalue weighted by Crippen LogP contribution is 2.34. The number of hydrogen-bond acceptors (Lipinski definition) is 4. The van der Waals surface area contributed by atoms with Gasteiger partial charge < -0.3 is 19.6 Å². The second-order valence-corrected chi connectivity index (χ2v) is 10.5. The van der Waals surface area contributed by atoms with E-state index in [2.05, 4.69) is 11.9 Å². The molecule has 0 N–H and O–H groups in total. The van der Waals surface area contributed by atoms with Crippen molar-refractivity contribution < 1.29 is 9.59 Å². The molecule has 2 saturated heterocycles. The monoisotopic (exact) mass is 474 g/mol. The summed E-state index contributed by atoms with van der Waals surface area (Å²) < 4.78 is 0. The molecule has 0 spiro atoms. The number of amides is 3. The summed E-state index contributed by atoms with van der Waals surface area (Å²) in [5, 5.41) is 0.696. The largest absolute Gasteiger partial charge is 0.336 e. The Labute approximate surface area is 199 Å². The van der Waals surface area contributed by atoms with Crippen LogP contribution >= 0.6 is 22.9 Å². The fourth-order valence-electron chi connectivity index (χ4n) is 4.60. The number of halogens is 1. The SMILES string of the molecule is Cc1ccc(-c2ccc(C(=O)N(C)[C@H]3CCN(C(=O)N(C)[C@@H]4CCN(C)C4)C3)s2)c(Cl)c1. The van der Waals surface area contributed by atoms with Crippen molar-refractivity contribution in [3.05, 3.63) is 45.8 Å². The summed E-state index contributed by atoms with van der Waals surface area (Å²) >= 11 is 7.87. The van der Waals surface area contributed by atoms with Gasteiger partial charge >= 0.3 is 6.03 Å². The molecule has 2 atom stereocenters. The Bertz CT molecular complexity index is 1010. The highest BCUT2D eigenvalue weighted by atomic mass is 35.5. The number of likely N-dealkylation sites (N-methyl/N-ethyl adjacent to an activating group) is 3. The number of carbonyl (C=O) groups excluding carboxylic acids is 2. The second-order valence-electron chi connectivity index (χ2n) is 9.05. The maximum absolute atomic E-state index is 13.2. The molecule has 8 heteroatoms. The summed E-state index contributed by atoms with van der Waals surface area (Å²) in [7, 11) is 5.83. The number of hydrogen-bond donors (Lipinski definition) is 0. The molecular formula is C24H31ClN4O2S. The quantitative estimate of drug-likeness (QED) is 0.664. The van der Waals surface area contributed by atoms with Crippen LogP contribution in [0.4, 0.5) is 4.79 Å². The molecule has 0 aliphatic carbocycles. The lowest BCUT2D eigenvalue weighted by molar-refractivity contribution is 0.0739. The van der Waals surface area contributed by atoms with Gasteiger partial charge in [0, 0.05) is 55.2 Å². The number of benzene rings is 1. The standard InChI is InChI=1S/C24H31ClN4O2S/c1-16-5-6-19(20(25)13-16)21-7-8-22(32-21)23(30)27(3)18-10-12-29(15-18)24(31)28(4)17-9-11-26(2)14-17/h5-8,13,17-18H,9-12,14-15H2,1-4H3/t17-,18+/m1/s1. The fourth-order valence-corrected chi connectivity index (χ4v) is 6.02. The Balaban J connectivity index is 1.38. The lowest BCUT2D eigenvalue weighted by Crippen LogP contribution is -2.47. The summed E-state index contributed by atoms with van der Waals surface area (Å²) in [6.45, 7) is 5.22. The molecular weight excluding hydrogens is 444 g/mol. The molecule has 0 unspecified atom stereocenters. The average Bonchev–Trinajstić information content (AvgIpc) is 3.52. The van der Waals surface area contributed by atoms with Gasteiger partial charge in [0.05, 0.1) is 10.9 Å². The Hall–Kier alpha value is -2.09. The van der Waals surface area contributed by atoms with Crippen molar-refractivity contribution in [1.29, 1.82) is 0 Å². The summed E-state index contributed by atoms with van der Waals surface area (Å²) in [5.41, 5.74) is 2.06. The first-order chi connectivity index (χ1) is 15.2. The van der Waals surface area contributed by atoms with Crippen molar-refractivity contribution in [2.75, 3.05) is 47.3 Å². The van der Waals surface area contributed by atoms with Crippen LogP contribution in [0.25, 0.3) is 10.4 Å². The molecule has 0 bridgehead atoms. The van der Waals surface area contributed by atoms with Crippen molar-refractivity contribution in [1.82, 2.24) is 19.6 Å². The lowest BCUT2D eigenvalue weighted by Gasteiger charge is -2.30. The lowest BCUT2D eigenvalue weighted by atomic mass is 10.1. The number of nitrogens with zero attached hydrogens (tertiary/aromatic N) is 4. The van der Waals surface area contributed by atoms with E-state index < -0.39 is 0 Å². The molecule has 2 fully saturated rings. The van der Waals surface area contributed by atoms with E-state index in [-0.39, 0.29) is 24.0 Å². The van der Waals surface area contributed by atoms with Crippen LogP contribution in [0.2, 0.25) is 5.02 Å². The zero-order valence-electron chi connectivity index (χ0n) is 19.2. The molecule has 172 valence electrons. The number of thiophene rings is 1. The van der Waals surface area contributed by atoms with Gasteiger partial charge in [-0.25, -0.2) is 4.79 Å². The maximum Gasteiger partial charge on any atom is 0.320 e. The van der Waals surface area contributed by atoms with Gasteiger partial charge in [-0.1, -0.05) is 23.7 Å². The van der Waals surface area contributed by atoms with Crippen LogP contribution in [0.1, 0.15) is 28.1 Å². The Morgan fingerprint density at radius 3 is 2.44 bits per heavy atom. The van der Waals surface area contributed by atoms with Gasteiger partial charge in [-0.3, -0.25) is 4.79 Å². The van der Waals surface area contributed by atoms with Crippen molar-refractivity contribution in [3.63, 3.8) is 0 Å².